The Labute approximate surface area is 238 Å². The maximum absolute atomic E-state index is 13.0. The number of aromatic amines is 1. The van der Waals surface area contributed by atoms with Gasteiger partial charge in [-0.25, -0.2) is 0 Å². The van der Waals surface area contributed by atoms with Crippen molar-refractivity contribution in [2.45, 2.75) is 47.1 Å². The fraction of sp³-hybridized carbons (Fsp3) is 0.344. The van der Waals surface area contributed by atoms with E-state index in [1.54, 1.807) is 0 Å². The number of carbonyl (C=O) groups excluding carboxylic acids is 2. The Morgan fingerprint density at radius 3 is 2.48 bits per heavy atom. The Morgan fingerprint density at radius 1 is 1.07 bits per heavy atom. The van der Waals surface area contributed by atoms with E-state index in [1.165, 1.54) is 5.56 Å². The van der Waals surface area contributed by atoms with E-state index < -0.39 is 0 Å². The normalized spacial score (nSPS) is 14.2. The van der Waals surface area contributed by atoms with E-state index in [2.05, 4.69) is 66.2 Å². The molecule has 4 N–H and O–H groups in total. The molecule has 3 aromatic rings. The minimum atomic E-state index is -0.168. The molecule has 2 heterocycles. The van der Waals surface area contributed by atoms with Gasteiger partial charge >= 0.3 is 200 Å². The molecule has 0 bridgehead atoms. The average Bonchev–Trinajstić information content (AvgIpc) is 3.43. The first-order valence-electron chi connectivity index (χ1n) is 14.1. The first-order chi connectivity index (χ1) is 19.3. The summed E-state index contributed by atoms with van der Waals surface area (Å²) in [5.74, 6) is -0.272. The standard InChI is InChI=1S/C32H40BN5O2/c1-6-26(22-12-10-9-11-13-22)36-30(33)23-14-15-27-24(18-23)25(31(39)37-27)19-28-20(4)29(21(5)35-28)32(40)34-16-17-38(7-2)8-3/h9-15,18-19,26,33,35-36H,6-8,16-17H2,1-5H3,(H,34,40)(H,37,39)/b25-19-/t26-/m0/s1. The Bertz CT molecular complexity index is 1420. The molecule has 40 heavy (non-hydrogen) atoms. The second-order valence-electron chi connectivity index (χ2n) is 10.2. The van der Waals surface area contributed by atoms with Gasteiger partial charge in [-0.1, -0.05) is 13.8 Å². The summed E-state index contributed by atoms with van der Waals surface area (Å²) in [6, 6.07) is 16.3. The molecule has 1 aliphatic heterocycles. The third-order valence-corrected chi connectivity index (χ3v) is 7.71. The number of hydrogen-bond acceptors (Lipinski definition) is 4. The number of aryl methyl sites for hydroxylation is 1. The molecule has 0 unspecified atom stereocenters. The summed E-state index contributed by atoms with van der Waals surface area (Å²) < 4.78 is 0. The van der Waals surface area contributed by atoms with Crippen molar-refractivity contribution >= 4 is 42.2 Å². The summed E-state index contributed by atoms with van der Waals surface area (Å²) in [7, 11) is 4.30. The number of nitrogens with zero attached hydrogens (tertiary/aromatic N) is 1. The quantitative estimate of drug-likeness (QED) is 0.205. The zero-order valence-corrected chi connectivity index (χ0v) is 24.3. The first kappa shape index (κ1) is 29.1. The SMILES string of the molecule is B=C(N[C@@H](CC)c1ccccc1)c1ccc2c(c1)/C(=C/c1[nH]c(C)c(C(=O)NCCN(CC)CC)c1C)C(=O)N2. The summed E-state index contributed by atoms with van der Waals surface area (Å²) in [5, 5.41) is 9.57. The van der Waals surface area contributed by atoms with Crippen molar-refractivity contribution in [3.05, 3.63) is 87.7 Å². The summed E-state index contributed by atoms with van der Waals surface area (Å²) in [6.07, 6.45) is 2.75. The van der Waals surface area contributed by atoms with Crippen molar-refractivity contribution in [1.82, 2.24) is 20.5 Å². The molecule has 1 atom stereocenters. The van der Waals surface area contributed by atoms with Crippen LogP contribution in [0.1, 0.15) is 77.2 Å². The van der Waals surface area contributed by atoms with E-state index in [0.717, 1.165) is 65.4 Å². The van der Waals surface area contributed by atoms with Gasteiger partial charge < -0.3 is 4.90 Å². The molecule has 0 spiro atoms. The Morgan fingerprint density at radius 2 is 1.80 bits per heavy atom. The van der Waals surface area contributed by atoms with Crippen molar-refractivity contribution in [3.63, 3.8) is 0 Å². The van der Waals surface area contributed by atoms with Gasteiger partial charge in [0.15, 0.2) is 0 Å². The summed E-state index contributed by atoms with van der Waals surface area (Å²) >= 11 is 0. The molecule has 0 fully saturated rings. The number of nitrogens with one attached hydrogen (secondary N) is 4. The predicted molar refractivity (Wildman–Crippen MR) is 167 cm³/mol. The van der Waals surface area contributed by atoms with E-state index in [-0.39, 0.29) is 17.9 Å². The van der Waals surface area contributed by atoms with Gasteiger partial charge in [0.05, 0.1) is 0 Å². The van der Waals surface area contributed by atoms with Crippen molar-refractivity contribution in [2.24, 2.45) is 0 Å². The Balaban J connectivity index is 1.56. The number of H-pyrrole nitrogens is 1. The Kier molecular flexibility index (Phi) is 9.43. The van der Waals surface area contributed by atoms with Crippen molar-refractivity contribution in [1.29, 1.82) is 0 Å². The number of fused-ring (bicyclic) bond motifs is 1. The molecule has 0 saturated heterocycles. The zero-order chi connectivity index (χ0) is 28.8. The second-order valence-corrected chi connectivity index (χ2v) is 10.2. The molecule has 0 aliphatic carbocycles. The summed E-state index contributed by atoms with van der Waals surface area (Å²) in [6.45, 7) is 13.5. The molecule has 208 valence electrons. The average molecular weight is 538 g/mol. The fourth-order valence-corrected chi connectivity index (χ4v) is 5.28. The van der Waals surface area contributed by atoms with E-state index in [1.807, 2.05) is 56.3 Å². The van der Waals surface area contributed by atoms with E-state index in [9.17, 15) is 9.59 Å². The Hall–Kier alpha value is -3.91. The fourth-order valence-electron chi connectivity index (χ4n) is 5.28. The molecule has 0 saturated carbocycles. The van der Waals surface area contributed by atoms with Crippen LogP contribution in [0.5, 0.6) is 0 Å². The minimum absolute atomic E-state index is 0.104. The van der Waals surface area contributed by atoms with Gasteiger partial charge in [-0.2, -0.15) is 0 Å². The van der Waals surface area contributed by atoms with Gasteiger partial charge in [0.2, 0.25) is 0 Å². The van der Waals surface area contributed by atoms with Crippen LogP contribution in [0, 0.1) is 13.8 Å². The van der Waals surface area contributed by atoms with Gasteiger partial charge in [0, 0.05) is 6.54 Å². The van der Waals surface area contributed by atoms with Crippen LogP contribution in [0.2, 0.25) is 0 Å². The van der Waals surface area contributed by atoms with Crippen LogP contribution >= 0.6 is 0 Å². The van der Waals surface area contributed by atoms with Crippen LogP contribution in [0.4, 0.5) is 5.69 Å². The number of likely N-dealkylation sites (N-methyl/N-ethyl adjacent to an activating group) is 1. The van der Waals surface area contributed by atoms with Crippen molar-refractivity contribution in [2.75, 3.05) is 31.5 Å². The maximum atomic E-state index is 13.0. The number of rotatable bonds is 12. The molecule has 4 rings (SSSR count). The number of benzene rings is 2. The number of aromatic nitrogens is 1. The summed E-state index contributed by atoms with van der Waals surface area (Å²) in [5.41, 5.74) is 8.03. The van der Waals surface area contributed by atoms with Crippen LogP contribution < -0.4 is 16.0 Å². The molecule has 1 aromatic heterocycles. The molecule has 2 aromatic carbocycles. The van der Waals surface area contributed by atoms with E-state index in [4.69, 9.17) is 0 Å². The molecule has 0 radical (unpaired) electrons. The molecular weight excluding hydrogens is 497 g/mol. The second kappa shape index (κ2) is 13.0. The zero-order valence-electron chi connectivity index (χ0n) is 24.3. The summed E-state index contributed by atoms with van der Waals surface area (Å²) in [4.78, 5) is 31.6. The van der Waals surface area contributed by atoms with Crippen molar-refractivity contribution in [3.8, 4) is 0 Å². The third kappa shape index (κ3) is 6.28. The van der Waals surface area contributed by atoms with Crippen LogP contribution in [-0.4, -0.2) is 61.0 Å². The van der Waals surface area contributed by atoms with Crippen LogP contribution in [0.15, 0.2) is 48.5 Å². The molecule has 2 amide bonds. The first-order valence-corrected chi connectivity index (χ1v) is 14.1. The third-order valence-electron chi connectivity index (χ3n) is 7.71. The van der Waals surface area contributed by atoms with Gasteiger partial charge in [-0.3, -0.25) is 0 Å². The van der Waals surface area contributed by atoms with Gasteiger partial charge in [-0.05, 0) is 13.1 Å². The molecule has 7 nitrogen and oxygen atoms in total. The topological polar surface area (TPSA) is 89.3 Å². The number of anilines is 1. The molecule has 1 aliphatic rings. The van der Waals surface area contributed by atoms with Gasteiger partial charge in [0.1, 0.15) is 0 Å². The van der Waals surface area contributed by atoms with Crippen LogP contribution in [0.25, 0.3) is 11.6 Å². The number of carbonyl (C=O) groups is 2. The van der Waals surface area contributed by atoms with Crippen LogP contribution in [0.3, 0.4) is 0 Å². The predicted octanol–water partition coefficient (Wildman–Crippen LogP) is 4.32. The van der Waals surface area contributed by atoms with E-state index in [0.29, 0.717) is 17.7 Å². The van der Waals surface area contributed by atoms with E-state index >= 15 is 0 Å². The van der Waals surface area contributed by atoms with Gasteiger partial charge in [0.25, 0.3) is 0 Å². The molecular formula is C32H40BN5O2. The monoisotopic (exact) mass is 537 g/mol. The van der Waals surface area contributed by atoms with Gasteiger partial charge in [-0.15, -0.1) is 0 Å². The molecule has 8 heteroatoms. The van der Waals surface area contributed by atoms with Crippen LogP contribution in [-0.2, 0) is 4.79 Å². The van der Waals surface area contributed by atoms with Crippen molar-refractivity contribution < 1.29 is 9.59 Å². The number of hydrogen-bond donors (Lipinski definition) is 4. The number of amides is 2.